The normalized spacial score (nSPS) is 12.5. The summed E-state index contributed by atoms with van der Waals surface area (Å²) >= 11 is 0. The molecule has 0 heterocycles. The van der Waals surface area contributed by atoms with E-state index in [1.807, 2.05) is 36.4 Å². The minimum atomic E-state index is -0.451. The lowest BCUT2D eigenvalue weighted by molar-refractivity contribution is 0.261. The Bertz CT molecular complexity index is 2520. The lowest BCUT2D eigenvalue weighted by Crippen LogP contribution is -2.20. The molecule has 0 fully saturated rings. The Hall–Kier alpha value is -6.94. The molecule has 6 aromatic rings. The molecule has 4 amide bonds. The number of carbonyl (C=O) groups excluding carboxylic acids is 2. The van der Waals surface area contributed by atoms with Crippen LogP contribution in [-0.2, 0) is 36.5 Å². The first-order valence-electron chi connectivity index (χ1n) is 23.0. The predicted molar refractivity (Wildman–Crippen MR) is 267 cm³/mol. The van der Waals surface area contributed by atoms with Gasteiger partial charge < -0.3 is 41.0 Å². The first-order chi connectivity index (χ1) is 31.5. The number of rotatable bonds is 10. The third kappa shape index (κ3) is 11.5. The highest BCUT2D eigenvalue weighted by atomic mass is 16.5. The molecule has 0 spiro atoms. The van der Waals surface area contributed by atoms with E-state index < -0.39 is 12.1 Å². The van der Waals surface area contributed by atoms with Crippen molar-refractivity contribution in [2.24, 2.45) is 0 Å². The number of nitrogens with one attached hydrogen (secondary N) is 4. The van der Waals surface area contributed by atoms with E-state index in [2.05, 4.69) is 101 Å². The van der Waals surface area contributed by atoms with Crippen molar-refractivity contribution in [1.82, 2.24) is 0 Å². The van der Waals surface area contributed by atoms with Gasteiger partial charge in [0.05, 0.1) is 13.2 Å². The molecule has 8 bridgehead atoms. The van der Waals surface area contributed by atoms with E-state index in [4.69, 9.17) is 9.47 Å². The number of fused-ring (bicyclic) bond motifs is 8. The predicted octanol–water partition coefficient (Wildman–Crippen LogP) is 13.2. The number of anilines is 4. The topological polar surface area (TPSA) is 141 Å². The fourth-order valence-electron chi connectivity index (χ4n) is 8.33. The molecule has 0 unspecified atom stereocenters. The van der Waals surface area contributed by atoms with Crippen LogP contribution in [0.3, 0.4) is 0 Å². The van der Waals surface area contributed by atoms with Crippen LogP contribution >= 0.6 is 0 Å². The van der Waals surface area contributed by atoms with E-state index in [0.29, 0.717) is 64.6 Å². The zero-order valence-corrected chi connectivity index (χ0v) is 39.6. The van der Waals surface area contributed by atoms with Crippen LogP contribution in [0.4, 0.5) is 32.3 Å². The number of ether oxygens (including phenoxy) is 2. The zero-order chi connectivity index (χ0) is 47.2. The van der Waals surface area contributed by atoms with Gasteiger partial charge in [-0.15, -0.1) is 0 Å². The molecule has 0 saturated carbocycles. The maximum atomic E-state index is 13.5. The van der Waals surface area contributed by atoms with Crippen molar-refractivity contribution in [1.29, 1.82) is 0 Å². The maximum Gasteiger partial charge on any atom is 0.323 e. The standard InChI is InChI=1S/C56H64N4O6/c1-9-21-65-51-39-24-37-33-47(59-53(63)57-45-17-13-11-14-18-45)31-35(49(37)61)23-36-32-48(60-54(64)58-46-19-15-12-16-20-46)34-38(50(36)62)25-40-28-44(56(6,7)8)30-42(52(40)66-22-10-2)26-41(51)29-43(27-39)55(3,4)5/h11-20,27-34,61-62H,9-10,21-26H2,1-8H3,(H2,57,59,63)(H2,58,60,64). The molecule has 0 aliphatic heterocycles. The summed E-state index contributed by atoms with van der Waals surface area (Å²) in [7, 11) is 0. The van der Waals surface area contributed by atoms with Crippen molar-refractivity contribution < 1.29 is 29.3 Å². The summed E-state index contributed by atoms with van der Waals surface area (Å²) in [6.45, 7) is 18.3. The van der Waals surface area contributed by atoms with Gasteiger partial charge in [-0.05, 0) is 106 Å². The maximum absolute atomic E-state index is 13.5. The highest BCUT2D eigenvalue weighted by molar-refractivity contribution is 6.00. The average Bonchev–Trinajstić information content (AvgIpc) is 3.25. The van der Waals surface area contributed by atoms with E-state index >= 15 is 0 Å². The fourth-order valence-corrected chi connectivity index (χ4v) is 8.33. The first kappa shape index (κ1) is 47.0. The largest absolute Gasteiger partial charge is 0.507 e. The van der Waals surface area contributed by atoms with Crippen molar-refractivity contribution in [3.63, 3.8) is 0 Å². The number of hydrogen-bond donors (Lipinski definition) is 6. The van der Waals surface area contributed by atoms with E-state index in [0.717, 1.165) is 57.7 Å². The number of para-hydroxylation sites is 2. The molecule has 0 radical (unpaired) electrons. The number of aromatic hydroxyl groups is 2. The Kier molecular flexibility index (Phi) is 14.3. The number of phenols is 2. The van der Waals surface area contributed by atoms with Gasteiger partial charge in [0.2, 0.25) is 0 Å². The summed E-state index contributed by atoms with van der Waals surface area (Å²) in [5.41, 5.74) is 9.77. The summed E-state index contributed by atoms with van der Waals surface area (Å²) in [6, 6.07) is 33.4. The molecule has 6 aromatic carbocycles. The summed E-state index contributed by atoms with van der Waals surface area (Å²) < 4.78 is 13.5. The molecular formula is C56H64N4O6. The zero-order valence-electron chi connectivity index (χ0n) is 39.6. The molecule has 344 valence electrons. The van der Waals surface area contributed by atoms with Crippen molar-refractivity contribution in [2.45, 2.75) is 105 Å². The van der Waals surface area contributed by atoms with E-state index in [-0.39, 0.29) is 41.6 Å². The number of urea groups is 2. The van der Waals surface area contributed by atoms with Crippen molar-refractivity contribution in [3.8, 4) is 23.0 Å². The first-order valence-corrected chi connectivity index (χ1v) is 23.0. The summed E-state index contributed by atoms with van der Waals surface area (Å²) in [5.74, 6) is 1.57. The Morgan fingerprint density at radius 2 is 0.742 bits per heavy atom. The fraction of sp³-hybridized carbons (Fsp3) is 0.321. The van der Waals surface area contributed by atoms with Crippen LogP contribution in [0.25, 0.3) is 0 Å². The third-order valence-electron chi connectivity index (χ3n) is 11.8. The monoisotopic (exact) mass is 888 g/mol. The minimum Gasteiger partial charge on any atom is -0.507 e. The van der Waals surface area contributed by atoms with Crippen LogP contribution in [0.2, 0.25) is 0 Å². The molecule has 0 saturated heterocycles. The SMILES string of the molecule is CCCOc1c2cc(C(C)(C)C)cc1Cc1cc(C(C)(C)C)cc(c1OCCC)Cc1cc(NC(=O)Nc3ccccc3)cc(c1O)Cc1cc(NC(=O)Nc3ccccc3)cc(c1O)C2. The Balaban J connectivity index is 1.48. The summed E-state index contributed by atoms with van der Waals surface area (Å²) in [5, 5.41) is 36.5. The van der Waals surface area contributed by atoms with Gasteiger partial charge in [0.1, 0.15) is 23.0 Å². The van der Waals surface area contributed by atoms with Gasteiger partial charge in [-0.2, -0.15) is 0 Å². The smallest absolute Gasteiger partial charge is 0.323 e. The Morgan fingerprint density at radius 1 is 0.455 bits per heavy atom. The number of hydrogen-bond acceptors (Lipinski definition) is 6. The molecule has 7 rings (SSSR count). The minimum absolute atomic E-state index is 0.0247. The molecule has 10 nitrogen and oxygen atoms in total. The van der Waals surface area contributed by atoms with Gasteiger partial charge in [-0.1, -0.05) is 116 Å². The van der Waals surface area contributed by atoms with Crippen LogP contribution in [0.1, 0.15) is 124 Å². The van der Waals surface area contributed by atoms with Crippen LogP contribution in [0.15, 0.2) is 109 Å². The van der Waals surface area contributed by atoms with Crippen molar-refractivity contribution in [3.05, 3.63) is 165 Å². The Morgan fingerprint density at radius 3 is 1.05 bits per heavy atom. The van der Waals surface area contributed by atoms with E-state index in [9.17, 15) is 19.8 Å². The van der Waals surface area contributed by atoms with Gasteiger partial charge in [0.25, 0.3) is 0 Å². The molecule has 1 aliphatic carbocycles. The average molecular weight is 889 g/mol. The summed E-state index contributed by atoms with van der Waals surface area (Å²) in [4.78, 5) is 27.1. The van der Waals surface area contributed by atoms with Gasteiger partial charge >= 0.3 is 12.1 Å². The number of phenolic OH excluding ortho intramolecular Hbond substituents is 2. The molecule has 10 heteroatoms. The van der Waals surface area contributed by atoms with Gasteiger partial charge in [0.15, 0.2) is 0 Å². The van der Waals surface area contributed by atoms with Crippen LogP contribution in [-0.4, -0.2) is 35.5 Å². The summed E-state index contributed by atoms with van der Waals surface area (Å²) in [6.07, 6.45) is 2.69. The Labute approximate surface area is 389 Å². The second-order valence-electron chi connectivity index (χ2n) is 19.3. The van der Waals surface area contributed by atoms with Gasteiger partial charge in [-0.3, -0.25) is 0 Å². The molecular weight excluding hydrogens is 825 g/mol. The highest BCUT2D eigenvalue weighted by Crippen LogP contribution is 2.43. The molecule has 0 atom stereocenters. The van der Waals surface area contributed by atoms with Crippen molar-refractivity contribution in [2.75, 3.05) is 34.5 Å². The molecule has 66 heavy (non-hydrogen) atoms. The molecule has 0 aromatic heterocycles. The van der Waals surface area contributed by atoms with Crippen LogP contribution in [0.5, 0.6) is 23.0 Å². The van der Waals surface area contributed by atoms with Gasteiger partial charge in [0, 0.05) is 70.7 Å². The molecule has 6 N–H and O–H groups in total. The number of amides is 4. The lowest BCUT2D eigenvalue weighted by Gasteiger charge is -2.27. The second-order valence-corrected chi connectivity index (χ2v) is 19.3. The van der Waals surface area contributed by atoms with Crippen molar-refractivity contribution >= 4 is 34.8 Å². The van der Waals surface area contributed by atoms with Crippen LogP contribution in [0, 0.1) is 0 Å². The molecule has 1 aliphatic rings. The van der Waals surface area contributed by atoms with Gasteiger partial charge in [-0.25, -0.2) is 9.59 Å². The van der Waals surface area contributed by atoms with E-state index in [1.165, 1.54) is 0 Å². The second kappa shape index (κ2) is 20.1. The highest BCUT2D eigenvalue weighted by Gasteiger charge is 2.27. The third-order valence-corrected chi connectivity index (χ3v) is 11.8. The van der Waals surface area contributed by atoms with E-state index in [1.54, 1.807) is 48.5 Å². The number of benzene rings is 6. The van der Waals surface area contributed by atoms with Crippen LogP contribution < -0.4 is 30.7 Å². The quantitative estimate of drug-likeness (QED) is 0.0756. The lowest BCUT2D eigenvalue weighted by atomic mass is 9.81. The number of carbonyl (C=O) groups is 2.